The zero-order valence-corrected chi connectivity index (χ0v) is 19.4. The molecule has 1 aromatic carbocycles. The van der Waals surface area contributed by atoms with Crippen molar-refractivity contribution in [3.8, 4) is 17.6 Å². The second-order valence-electron chi connectivity index (χ2n) is 8.45. The Kier molecular flexibility index (Phi) is 5.18. The minimum Gasteiger partial charge on any atom is -0.476 e. The monoisotopic (exact) mass is 485 g/mol. The Hall–Kier alpha value is -3.29. The average Bonchev–Trinajstić information content (AvgIpc) is 3.49. The van der Waals surface area contributed by atoms with Crippen LogP contribution in [0.5, 0.6) is 5.88 Å². The molecule has 0 unspecified atom stereocenters. The van der Waals surface area contributed by atoms with Gasteiger partial charge in [-0.3, -0.25) is 4.72 Å². The molecule has 0 radical (unpaired) electrons. The third-order valence-electron chi connectivity index (χ3n) is 5.34. The summed E-state index contributed by atoms with van der Waals surface area (Å²) >= 11 is 6.39. The Morgan fingerprint density at radius 1 is 1.33 bits per heavy atom. The molecule has 1 N–H and O–H groups in total. The number of nitrogens with zero attached hydrogens (tertiary/aromatic N) is 4. The zero-order valence-electron chi connectivity index (χ0n) is 17.9. The number of hydrogen-bond acceptors (Lipinski definition) is 7. The van der Waals surface area contributed by atoms with Gasteiger partial charge in [0.15, 0.2) is 11.4 Å². The maximum absolute atomic E-state index is 12.3. The van der Waals surface area contributed by atoms with Crippen molar-refractivity contribution in [2.75, 3.05) is 11.3 Å². The van der Waals surface area contributed by atoms with Crippen LogP contribution in [-0.4, -0.2) is 35.0 Å². The van der Waals surface area contributed by atoms with Crippen LogP contribution in [0.15, 0.2) is 35.1 Å². The van der Waals surface area contributed by atoms with Gasteiger partial charge in [-0.15, -0.1) is 0 Å². The highest BCUT2D eigenvalue weighted by molar-refractivity contribution is 7.93. The van der Waals surface area contributed by atoms with Crippen molar-refractivity contribution < 1.29 is 17.7 Å². The van der Waals surface area contributed by atoms with Gasteiger partial charge in [-0.1, -0.05) is 30.6 Å². The first-order valence-electron chi connectivity index (χ1n) is 10.4. The number of anilines is 1. The Bertz CT molecular complexity index is 1530. The minimum absolute atomic E-state index is 0.117. The van der Waals surface area contributed by atoms with E-state index >= 15 is 0 Å². The van der Waals surface area contributed by atoms with E-state index in [1.54, 1.807) is 35.2 Å². The number of nitriles is 1. The second kappa shape index (κ2) is 7.93. The Morgan fingerprint density at radius 3 is 2.79 bits per heavy atom. The molecule has 4 aromatic rings. The van der Waals surface area contributed by atoms with Crippen molar-refractivity contribution in [3.63, 3.8) is 0 Å². The summed E-state index contributed by atoms with van der Waals surface area (Å²) in [7, 11) is -3.50. The topological polar surface area (TPSA) is 123 Å². The van der Waals surface area contributed by atoms with Gasteiger partial charge in [0, 0.05) is 17.6 Å². The van der Waals surface area contributed by atoms with E-state index in [0.717, 1.165) is 0 Å². The number of benzene rings is 1. The Labute approximate surface area is 194 Å². The first kappa shape index (κ1) is 21.6. The van der Waals surface area contributed by atoms with E-state index in [9.17, 15) is 13.7 Å². The summed E-state index contributed by atoms with van der Waals surface area (Å²) in [6.07, 6.45) is 4.55. The zero-order chi connectivity index (χ0) is 23.3. The van der Waals surface area contributed by atoms with Crippen LogP contribution >= 0.6 is 11.6 Å². The maximum atomic E-state index is 12.3. The second-order valence-corrected chi connectivity index (χ2v) is 10.8. The summed E-state index contributed by atoms with van der Waals surface area (Å²) in [6, 6.07) is 7.31. The van der Waals surface area contributed by atoms with Crippen LogP contribution < -0.4 is 9.46 Å². The standard InChI is InChI=1S/C22H20ClN5O4S/c1-12(2)11-31-22-18(23)5-14(9-25-22)28-10-13(8-24)16-6-17-20(7-19(16)28)32-26-21(17)27-33(29,30)15-3-4-15/h5-7,9-10,12,15H,3-4,11H2,1-2H3,(H,26,27). The van der Waals surface area contributed by atoms with Crippen molar-refractivity contribution in [2.45, 2.75) is 31.9 Å². The summed E-state index contributed by atoms with van der Waals surface area (Å²) in [4.78, 5) is 4.33. The first-order valence-corrected chi connectivity index (χ1v) is 12.3. The molecule has 1 aliphatic rings. The van der Waals surface area contributed by atoms with Gasteiger partial charge < -0.3 is 13.8 Å². The maximum Gasteiger partial charge on any atom is 0.236 e. The van der Waals surface area contributed by atoms with Crippen LogP contribution in [0, 0.1) is 17.2 Å². The highest BCUT2D eigenvalue weighted by Crippen LogP contribution is 2.35. The van der Waals surface area contributed by atoms with E-state index in [4.69, 9.17) is 20.9 Å². The fourth-order valence-electron chi connectivity index (χ4n) is 3.53. The third kappa shape index (κ3) is 3.98. The minimum atomic E-state index is -3.50. The van der Waals surface area contributed by atoms with Gasteiger partial charge in [0.1, 0.15) is 11.1 Å². The summed E-state index contributed by atoms with van der Waals surface area (Å²) in [5.74, 6) is 0.792. The summed E-state index contributed by atoms with van der Waals surface area (Å²) in [5.41, 5.74) is 2.09. The van der Waals surface area contributed by atoms with Gasteiger partial charge >= 0.3 is 0 Å². The molecule has 9 nitrogen and oxygen atoms in total. The summed E-state index contributed by atoms with van der Waals surface area (Å²) in [5, 5.41) is 14.7. The van der Waals surface area contributed by atoms with Crippen LogP contribution in [0.3, 0.4) is 0 Å². The Morgan fingerprint density at radius 2 is 2.12 bits per heavy atom. The van der Waals surface area contributed by atoms with E-state index in [-0.39, 0.29) is 5.82 Å². The molecule has 0 atom stereocenters. The lowest BCUT2D eigenvalue weighted by molar-refractivity contribution is 0.261. The molecule has 33 heavy (non-hydrogen) atoms. The van der Waals surface area contributed by atoms with E-state index < -0.39 is 15.3 Å². The van der Waals surface area contributed by atoms with Crippen LogP contribution in [0.1, 0.15) is 32.3 Å². The van der Waals surface area contributed by atoms with Crippen LogP contribution in [0.4, 0.5) is 5.82 Å². The van der Waals surface area contributed by atoms with Gasteiger partial charge in [-0.2, -0.15) is 5.26 Å². The van der Waals surface area contributed by atoms with E-state index in [2.05, 4.69) is 20.9 Å². The first-order chi connectivity index (χ1) is 15.8. The molecule has 1 fully saturated rings. The predicted molar refractivity (Wildman–Crippen MR) is 124 cm³/mol. The number of nitrogens with one attached hydrogen (secondary N) is 1. The average molecular weight is 486 g/mol. The summed E-state index contributed by atoms with van der Waals surface area (Å²) < 4.78 is 40.0. The largest absolute Gasteiger partial charge is 0.476 e. The van der Waals surface area contributed by atoms with Crippen molar-refractivity contribution >= 4 is 49.3 Å². The Balaban J connectivity index is 1.58. The molecule has 11 heteroatoms. The quantitative estimate of drug-likeness (QED) is 0.404. The molecule has 0 spiro atoms. The third-order valence-corrected chi connectivity index (χ3v) is 7.44. The van der Waals surface area contributed by atoms with Gasteiger partial charge in [0.2, 0.25) is 15.9 Å². The molecular formula is C22H20ClN5O4S. The van der Waals surface area contributed by atoms with Crippen molar-refractivity contribution in [2.24, 2.45) is 5.92 Å². The molecule has 1 saturated carbocycles. The number of ether oxygens (including phenoxy) is 1. The van der Waals surface area contributed by atoms with Crippen LogP contribution in [0.2, 0.25) is 5.02 Å². The van der Waals surface area contributed by atoms with Crippen LogP contribution in [-0.2, 0) is 10.0 Å². The van der Waals surface area contributed by atoms with Gasteiger partial charge in [0.25, 0.3) is 0 Å². The van der Waals surface area contributed by atoms with Gasteiger partial charge in [-0.05, 0) is 30.9 Å². The number of halogens is 1. The lowest BCUT2D eigenvalue weighted by atomic mass is 10.1. The molecule has 0 bridgehead atoms. The summed E-state index contributed by atoms with van der Waals surface area (Å²) in [6.45, 7) is 4.56. The number of fused-ring (bicyclic) bond motifs is 2. The van der Waals surface area contributed by atoms with Crippen LogP contribution in [0.25, 0.3) is 27.6 Å². The molecule has 1 aliphatic carbocycles. The SMILES string of the molecule is CC(C)COc1ncc(-n2cc(C#N)c3cc4c(NS(=O)(=O)C5CC5)noc4cc32)cc1Cl. The lowest BCUT2D eigenvalue weighted by Crippen LogP contribution is -2.17. The molecule has 3 heterocycles. The number of rotatable bonds is 7. The van der Waals surface area contributed by atoms with Gasteiger partial charge in [-0.25, -0.2) is 13.4 Å². The predicted octanol–water partition coefficient (Wildman–Crippen LogP) is 4.63. The molecule has 3 aromatic heterocycles. The molecule has 0 amide bonds. The fraction of sp³-hybridized carbons (Fsp3) is 0.318. The molecule has 0 aliphatic heterocycles. The van der Waals surface area contributed by atoms with E-state index in [1.165, 1.54) is 0 Å². The molecular weight excluding hydrogens is 466 g/mol. The normalized spacial score (nSPS) is 14.2. The van der Waals surface area contributed by atoms with Crippen molar-refractivity contribution in [1.29, 1.82) is 5.26 Å². The van der Waals surface area contributed by atoms with Gasteiger partial charge in [0.05, 0.1) is 40.2 Å². The highest BCUT2D eigenvalue weighted by Gasteiger charge is 2.36. The smallest absolute Gasteiger partial charge is 0.236 e. The van der Waals surface area contributed by atoms with Crippen molar-refractivity contribution in [1.82, 2.24) is 14.7 Å². The molecule has 5 rings (SSSR count). The highest BCUT2D eigenvalue weighted by atomic mass is 35.5. The number of hydrogen-bond donors (Lipinski definition) is 1. The lowest BCUT2D eigenvalue weighted by Gasteiger charge is -2.11. The number of sulfonamides is 1. The van der Waals surface area contributed by atoms with E-state index in [1.807, 2.05) is 13.8 Å². The fourth-order valence-corrected chi connectivity index (χ4v) is 5.08. The van der Waals surface area contributed by atoms with Crippen molar-refractivity contribution in [3.05, 3.63) is 41.2 Å². The number of pyridine rings is 1. The van der Waals surface area contributed by atoms with E-state index in [0.29, 0.717) is 69.4 Å². The number of aromatic nitrogens is 3. The molecule has 170 valence electrons. The molecule has 0 saturated heterocycles.